The van der Waals surface area contributed by atoms with Crippen molar-refractivity contribution in [2.45, 2.75) is 46.6 Å². The van der Waals surface area contributed by atoms with Gasteiger partial charge in [0, 0.05) is 6.61 Å². The van der Waals surface area contributed by atoms with Gasteiger partial charge in [-0.05, 0) is 152 Å². The molecule has 0 N–H and O–H groups in total. The van der Waals surface area contributed by atoms with Gasteiger partial charge in [-0.1, -0.05) is 142 Å². The Morgan fingerprint density at radius 1 is 0.434 bits per heavy atom. The van der Waals surface area contributed by atoms with Gasteiger partial charge < -0.3 is 4.74 Å². The lowest BCUT2D eigenvalue weighted by molar-refractivity contribution is 0.134. The molecule has 0 aliphatic heterocycles. The molecule has 10 aromatic rings. The monoisotopic (exact) mass is 682 g/mol. The van der Waals surface area contributed by atoms with Crippen LogP contribution in [0.1, 0.15) is 44.4 Å². The van der Waals surface area contributed by atoms with Crippen molar-refractivity contribution in [2.75, 3.05) is 6.61 Å². The minimum atomic E-state index is 0.0643. The van der Waals surface area contributed by atoms with E-state index in [1.165, 1.54) is 114 Å². The minimum absolute atomic E-state index is 0.0643. The van der Waals surface area contributed by atoms with Crippen LogP contribution < -0.4 is 0 Å². The largest absolute Gasteiger partial charge is 0.377 e. The van der Waals surface area contributed by atoms with E-state index in [0.29, 0.717) is 6.61 Å². The fourth-order valence-corrected chi connectivity index (χ4v) is 8.78. The summed E-state index contributed by atoms with van der Waals surface area (Å²) in [4.78, 5) is 0. The summed E-state index contributed by atoms with van der Waals surface area (Å²) in [5.41, 5.74) is 8.95. The van der Waals surface area contributed by atoms with E-state index in [9.17, 15) is 0 Å². The summed E-state index contributed by atoms with van der Waals surface area (Å²) in [5.74, 6) is 0. The van der Waals surface area contributed by atoms with Crippen molar-refractivity contribution in [1.29, 1.82) is 0 Å². The van der Waals surface area contributed by atoms with Gasteiger partial charge in [-0.3, -0.25) is 0 Å². The number of ether oxygens (including phenoxy) is 1. The van der Waals surface area contributed by atoms with E-state index in [4.69, 9.17) is 4.74 Å². The summed E-state index contributed by atoms with van der Waals surface area (Å²) in [6.07, 6.45) is 0. The SMILES string of the molecule is CCOCc1ccc2c(ccc3cc(-c4cc(-c5ccc6c(ccc7cc(C)ccc76)c5)c5ccc6cc(C(C)(C)C)cc7ccc4c5c67)ccc32)c1. The lowest BCUT2D eigenvalue weighted by Gasteiger charge is -2.23. The average Bonchev–Trinajstić information content (AvgIpc) is 3.17. The van der Waals surface area contributed by atoms with Gasteiger partial charge in [-0.15, -0.1) is 0 Å². The van der Waals surface area contributed by atoms with Gasteiger partial charge in [0.05, 0.1) is 6.61 Å². The van der Waals surface area contributed by atoms with Crippen molar-refractivity contribution >= 4 is 75.4 Å². The molecule has 10 rings (SSSR count). The third kappa shape index (κ3) is 5.18. The van der Waals surface area contributed by atoms with E-state index >= 15 is 0 Å². The Morgan fingerprint density at radius 2 is 0.906 bits per heavy atom. The Bertz CT molecular complexity index is 3060. The maximum absolute atomic E-state index is 5.70. The molecule has 0 aliphatic rings. The maximum atomic E-state index is 5.70. The van der Waals surface area contributed by atoms with E-state index in [0.717, 1.165) is 6.61 Å². The van der Waals surface area contributed by atoms with Gasteiger partial charge in [0.2, 0.25) is 0 Å². The summed E-state index contributed by atoms with van der Waals surface area (Å²) in [6, 6.07) is 53.5. The number of rotatable bonds is 5. The Balaban J connectivity index is 1.22. The van der Waals surface area contributed by atoms with Crippen LogP contribution in [0.2, 0.25) is 0 Å². The fraction of sp³-hybridized carbons (Fsp3) is 0.154. The van der Waals surface area contributed by atoms with Gasteiger partial charge in [-0.25, -0.2) is 0 Å². The second-order valence-corrected chi connectivity index (χ2v) is 16.0. The molecule has 1 nitrogen and oxygen atoms in total. The van der Waals surface area contributed by atoms with Crippen molar-refractivity contribution in [3.63, 3.8) is 0 Å². The van der Waals surface area contributed by atoms with Crippen LogP contribution in [0.5, 0.6) is 0 Å². The summed E-state index contributed by atoms with van der Waals surface area (Å²) in [5, 5.41) is 18.1. The molecule has 0 saturated carbocycles. The lowest BCUT2D eigenvalue weighted by atomic mass is 9.81. The summed E-state index contributed by atoms with van der Waals surface area (Å²) in [6.45, 7) is 12.5. The molecule has 10 aromatic carbocycles. The second-order valence-electron chi connectivity index (χ2n) is 16.0. The second kappa shape index (κ2) is 11.9. The zero-order valence-electron chi connectivity index (χ0n) is 31.1. The highest BCUT2D eigenvalue weighted by Crippen LogP contribution is 2.46. The van der Waals surface area contributed by atoms with Crippen molar-refractivity contribution in [1.82, 2.24) is 0 Å². The van der Waals surface area contributed by atoms with Crippen LogP contribution in [0.25, 0.3) is 97.7 Å². The van der Waals surface area contributed by atoms with Crippen LogP contribution in [0.4, 0.5) is 0 Å². The molecule has 256 valence electrons. The lowest BCUT2D eigenvalue weighted by Crippen LogP contribution is -2.10. The van der Waals surface area contributed by atoms with E-state index < -0.39 is 0 Å². The molecule has 0 heterocycles. The normalized spacial score (nSPS) is 12.5. The molecule has 1 heteroatoms. The van der Waals surface area contributed by atoms with Gasteiger partial charge >= 0.3 is 0 Å². The van der Waals surface area contributed by atoms with Crippen molar-refractivity contribution in [3.05, 3.63) is 156 Å². The molecule has 0 saturated heterocycles. The number of aryl methyl sites for hydroxylation is 1. The summed E-state index contributed by atoms with van der Waals surface area (Å²) >= 11 is 0. The Hall–Kier alpha value is -5.76. The quantitative estimate of drug-likeness (QED) is 0.164. The number of benzene rings is 10. The highest BCUT2D eigenvalue weighted by molar-refractivity contribution is 6.28. The average molecular weight is 683 g/mol. The van der Waals surface area contributed by atoms with E-state index in [1.807, 2.05) is 6.92 Å². The van der Waals surface area contributed by atoms with Crippen LogP contribution in [-0.4, -0.2) is 6.61 Å². The highest BCUT2D eigenvalue weighted by Gasteiger charge is 2.21. The Kier molecular flexibility index (Phi) is 7.16. The Labute approximate surface area is 310 Å². The zero-order chi connectivity index (χ0) is 36.0. The van der Waals surface area contributed by atoms with Crippen molar-refractivity contribution in [3.8, 4) is 22.3 Å². The van der Waals surface area contributed by atoms with E-state index in [-0.39, 0.29) is 5.41 Å². The molecule has 0 bridgehead atoms. The van der Waals surface area contributed by atoms with Crippen LogP contribution in [0.15, 0.2) is 140 Å². The molecule has 0 unspecified atom stereocenters. The van der Waals surface area contributed by atoms with Crippen molar-refractivity contribution in [2.24, 2.45) is 0 Å². The minimum Gasteiger partial charge on any atom is -0.377 e. The first-order valence-corrected chi connectivity index (χ1v) is 19.0. The molecule has 53 heavy (non-hydrogen) atoms. The molecule has 0 aliphatic carbocycles. The predicted molar refractivity (Wildman–Crippen MR) is 230 cm³/mol. The van der Waals surface area contributed by atoms with Crippen LogP contribution in [0, 0.1) is 6.92 Å². The molecule has 0 spiro atoms. The molecule has 0 amide bonds. The van der Waals surface area contributed by atoms with E-state index in [2.05, 4.69) is 167 Å². The van der Waals surface area contributed by atoms with Crippen molar-refractivity contribution < 1.29 is 4.74 Å². The van der Waals surface area contributed by atoms with Crippen LogP contribution >= 0.6 is 0 Å². The van der Waals surface area contributed by atoms with E-state index in [1.54, 1.807) is 0 Å². The van der Waals surface area contributed by atoms with Gasteiger partial charge in [0.25, 0.3) is 0 Å². The van der Waals surface area contributed by atoms with Gasteiger partial charge in [-0.2, -0.15) is 0 Å². The van der Waals surface area contributed by atoms with Crippen LogP contribution in [0.3, 0.4) is 0 Å². The maximum Gasteiger partial charge on any atom is 0.0716 e. The Morgan fingerprint density at radius 3 is 1.45 bits per heavy atom. The number of hydrogen-bond donors (Lipinski definition) is 0. The highest BCUT2D eigenvalue weighted by atomic mass is 16.5. The van der Waals surface area contributed by atoms with Gasteiger partial charge in [0.1, 0.15) is 0 Å². The first kappa shape index (κ1) is 31.9. The zero-order valence-corrected chi connectivity index (χ0v) is 31.1. The third-order valence-electron chi connectivity index (χ3n) is 11.6. The molecular formula is C52H42O. The molecule has 0 atom stereocenters. The smallest absolute Gasteiger partial charge is 0.0716 e. The summed E-state index contributed by atoms with van der Waals surface area (Å²) < 4.78 is 5.70. The summed E-state index contributed by atoms with van der Waals surface area (Å²) in [7, 11) is 0. The first-order chi connectivity index (χ1) is 25.7. The fourth-order valence-electron chi connectivity index (χ4n) is 8.78. The molecule has 0 aromatic heterocycles. The predicted octanol–water partition coefficient (Wildman–Crippen LogP) is 14.7. The number of hydrogen-bond acceptors (Lipinski definition) is 1. The first-order valence-electron chi connectivity index (χ1n) is 19.0. The van der Waals surface area contributed by atoms with Crippen LogP contribution in [-0.2, 0) is 16.8 Å². The molecule has 0 fully saturated rings. The molecule has 0 radical (unpaired) electrons. The number of fused-ring (bicyclic) bond motifs is 6. The van der Waals surface area contributed by atoms with Gasteiger partial charge in [0.15, 0.2) is 0 Å². The topological polar surface area (TPSA) is 9.23 Å². The standard InChI is InChI=1S/C52H42O/c1-6-53-30-32-8-18-43-34(24-32)10-12-36-26-38(14-20-45(36)43)49-29-48(37-13-19-44-35(25-37)11-9-33-23-31(2)7-17-42(33)44)46-21-15-39-27-41(52(3,4)5)28-40-16-22-47(49)51(46)50(39)40/h7-29H,6,30H2,1-5H3. The third-order valence-corrected chi connectivity index (χ3v) is 11.6. The molecular weight excluding hydrogens is 641 g/mol.